The van der Waals surface area contributed by atoms with Crippen LogP contribution in [0.3, 0.4) is 0 Å². The van der Waals surface area contributed by atoms with Gasteiger partial charge in [0.1, 0.15) is 5.75 Å². The van der Waals surface area contributed by atoms with Crippen molar-refractivity contribution in [1.82, 2.24) is 0 Å². The van der Waals surface area contributed by atoms with Crippen molar-refractivity contribution in [2.45, 2.75) is 126 Å². The van der Waals surface area contributed by atoms with Gasteiger partial charge in [0.05, 0.1) is 11.5 Å². The second-order valence-corrected chi connectivity index (χ2v) is 15.3. The van der Waals surface area contributed by atoms with Gasteiger partial charge in [0.15, 0.2) is 0 Å². The van der Waals surface area contributed by atoms with Gasteiger partial charge in [0, 0.05) is 6.42 Å². The summed E-state index contributed by atoms with van der Waals surface area (Å²) in [5, 5.41) is 0. The number of halogens is 6. The number of alkyl halides is 6. The van der Waals surface area contributed by atoms with Crippen LogP contribution >= 0.6 is 10.3 Å². The molecule has 0 saturated carbocycles. The van der Waals surface area contributed by atoms with Crippen molar-refractivity contribution in [2.75, 3.05) is 19.1 Å². The molecule has 0 N–H and O–H groups in total. The van der Waals surface area contributed by atoms with E-state index in [4.69, 9.17) is 4.74 Å². The molecule has 0 saturated heterocycles. The normalized spacial score (nSPS) is 13.5. The third-order valence-corrected chi connectivity index (χ3v) is 10.6. The molecule has 1 aromatic rings. The lowest BCUT2D eigenvalue weighted by atomic mass is 10.0. The maximum Gasteiger partial charge on any atom is 0.523 e. The van der Waals surface area contributed by atoms with Crippen LogP contribution in [-0.2, 0) is 13.7 Å². The number of unbranched alkanes of at least 4 members (excludes halogenated alkanes) is 15. The van der Waals surface area contributed by atoms with Crippen LogP contribution in [0.1, 0.15) is 109 Å². The number of benzene rings is 1. The van der Waals surface area contributed by atoms with E-state index < -0.39 is 38.5 Å². The first kappa shape index (κ1) is 36.9. The Morgan fingerprint density at radius 2 is 1.02 bits per heavy atom. The summed E-state index contributed by atoms with van der Waals surface area (Å²) in [5.41, 5.74) is -5.48. The number of hydrogen-bond acceptors (Lipinski definition) is 4. The average Bonchev–Trinajstić information content (AvgIpc) is 2.83. The Kier molecular flexibility index (Phi) is 17.0. The third kappa shape index (κ3) is 16.3. The molecule has 0 aliphatic rings. The minimum absolute atomic E-state index is 0.244. The van der Waals surface area contributed by atoms with Gasteiger partial charge in [-0.15, -0.1) is 0 Å². The fourth-order valence-electron chi connectivity index (χ4n) is 4.36. The second kappa shape index (κ2) is 18.4. The zero-order chi connectivity index (χ0) is 30.1. The Morgan fingerprint density at radius 3 is 1.45 bits per heavy atom. The van der Waals surface area contributed by atoms with Gasteiger partial charge in [-0.1, -0.05) is 112 Å². The Hall–Kier alpha value is -1.14. The average molecular weight is 625 g/mol. The topological polar surface area (TPSA) is 52.6 Å². The molecule has 0 fully saturated rings. The fourth-order valence-corrected chi connectivity index (χ4v) is 7.77. The minimum Gasteiger partial charge on any atom is -0.492 e. The summed E-state index contributed by atoms with van der Waals surface area (Å²) in [5.74, 6) is 0.334. The molecule has 0 aliphatic heterocycles. The van der Waals surface area contributed by atoms with Crippen molar-refractivity contribution in [3.05, 3.63) is 24.3 Å². The Labute approximate surface area is 238 Å². The first-order chi connectivity index (χ1) is 18.7. The van der Waals surface area contributed by atoms with Gasteiger partial charge in [-0.25, -0.2) is 3.63 Å². The highest BCUT2D eigenvalue weighted by atomic mass is 32.3. The Balaban J connectivity index is 2.08. The summed E-state index contributed by atoms with van der Waals surface area (Å²) >= 11 is 0. The van der Waals surface area contributed by atoms with E-state index >= 15 is 0 Å². The molecule has 0 radical (unpaired) electrons. The van der Waals surface area contributed by atoms with Crippen LogP contribution in [0.5, 0.6) is 5.75 Å². The van der Waals surface area contributed by atoms with Crippen molar-refractivity contribution < 1.29 is 43.1 Å². The molecule has 0 aliphatic carbocycles. The molecule has 236 valence electrons. The fraction of sp³-hybridized carbons (Fsp3) is 0.786. The molecule has 0 heterocycles. The summed E-state index contributed by atoms with van der Waals surface area (Å²) in [6, 6.07) is 6.43. The van der Waals surface area contributed by atoms with Crippen LogP contribution in [0, 0.1) is 0 Å². The van der Waals surface area contributed by atoms with Gasteiger partial charge < -0.3 is 4.74 Å². The van der Waals surface area contributed by atoms with Gasteiger partial charge >= 0.3 is 21.8 Å². The first-order valence-corrected chi connectivity index (χ1v) is 18.0. The van der Waals surface area contributed by atoms with E-state index in [1.54, 1.807) is 18.2 Å². The molecule has 12 heteroatoms. The Bertz CT molecular complexity index is 918. The minimum atomic E-state index is -5.72. The summed E-state index contributed by atoms with van der Waals surface area (Å²) in [4.78, 5) is 0.308. The molecular weight excluding hydrogens is 578 g/mol. The van der Waals surface area contributed by atoms with E-state index in [0.29, 0.717) is 23.7 Å². The van der Waals surface area contributed by atoms with Crippen LogP contribution in [0.25, 0.3) is 0 Å². The number of hydrogen-bond donors (Lipinski definition) is 0. The third-order valence-electron chi connectivity index (χ3n) is 6.53. The van der Waals surface area contributed by atoms with Gasteiger partial charge in [-0.3, -0.25) is 0 Å². The van der Waals surface area contributed by atoms with Crippen molar-refractivity contribution >= 4 is 20.4 Å². The predicted molar refractivity (Wildman–Crippen MR) is 150 cm³/mol. The molecule has 4 nitrogen and oxygen atoms in total. The lowest BCUT2D eigenvalue weighted by Crippen LogP contribution is -2.26. The highest BCUT2D eigenvalue weighted by molar-refractivity contribution is 8.32. The van der Waals surface area contributed by atoms with Crippen molar-refractivity contribution in [3.8, 4) is 5.75 Å². The molecule has 0 amide bonds. The maximum absolute atomic E-state index is 12.8. The zero-order valence-corrected chi connectivity index (χ0v) is 25.4. The molecule has 1 rings (SSSR count). The van der Waals surface area contributed by atoms with E-state index in [9.17, 15) is 34.8 Å². The van der Waals surface area contributed by atoms with Crippen molar-refractivity contribution in [3.63, 3.8) is 0 Å². The maximum atomic E-state index is 12.8. The molecule has 0 bridgehead atoms. The predicted octanol–water partition coefficient (Wildman–Crippen LogP) is 10.5. The van der Waals surface area contributed by atoms with Crippen molar-refractivity contribution in [1.29, 1.82) is 0 Å². The molecule has 40 heavy (non-hydrogen) atoms. The second-order valence-electron chi connectivity index (χ2n) is 10.5. The van der Waals surface area contributed by atoms with E-state index in [1.807, 2.05) is 0 Å². The standard InChI is InChI=1S/C28H46F6O4S2/c1-39(2,38-40(35,36)28(32,33)34)26-22-18-17-21-25(26)37-24-20-16-14-12-10-8-6-4-3-5-7-9-11-13-15-19-23-27(29,30)31/h17-18,21-22H,3-16,19-20,23-24H2,1-2H3. The summed E-state index contributed by atoms with van der Waals surface area (Å²) in [6.45, 7) is 0.381. The van der Waals surface area contributed by atoms with Crippen LogP contribution in [0.2, 0.25) is 0 Å². The van der Waals surface area contributed by atoms with E-state index in [0.717, 1.165) is 51.4 Å². The van der Waals surface area contributed by atoms with Crippen molar-refractivity contribution in [2.24, 2.45) is 0 Å². The zero-order valence-electron chi connectivity index (χ0n) is 23.8. The van der Waals surface area contributed by atoms with Crippen LogP contribution in [-0.4, -0.2) is 39.2 Å². The Morgan fingerprint density at radius 1 is 0.625 bits per heavy atom. The van der Waals surface area contributed by atoms with Crippen LogP contribution < -0.4 is 4.74 Å². The van der Waals surface area contributed by atoms with Crippen LogP contribution in [0.4, 0.5) is 26.3 Å². The lowest BCUT2D eigenvalue weighted by Gasteiger charge is -2.31. The number of ether oxygens (including phenoxy) is 1. The van der Waals surface area contributed by atoms with Gasteiger partial charge in [-0.05, 0) is 37.5 Å². The summed E-state index contributed by atoms with van der Waals surface area (Å²) < 4.78 is 108. The molecule has 1 aromatic carbocycles. The number of para-hydroxylation sites is 1. The van der Waals surface area contributed by atoms with Gasteiger partial charge in [-0.2, -0.15) is 34.8 Å². The van der Waals surface area contributed by atoms with Crippen LogP contribution in [0.15, 0.2) is 29.2 Å². The quantitative estimate of drug-likeness (QED) is 0.0732. The molecule has 0 aromatic heterocycles. The van der Waals surface area contributed by atoms with Gasteiger partial charge in [0.25, 0.3) is 0 Å². The smallest absolute Gasteiger partial charge is 0.492 e. The van der Waals surface area contributed by atoms with Gasteiger partial charge in [0.2, 0.25) is 0 Å². The molecule has 0 unspecified atom stereocenters. The van der Waals surface area contributed by atoms with E-state index in [1.165, 1.54) is 57.1 Å². The highest BCUT2D eigenvalue weighted by Crippen LogP contribution is 2.56. The molecular formula is C28H46F6O4S2. The monoisotopic (exact) mass is 624 g/mol. The molecule has 0 atom stereocenters. The highest BCUT2D eigenvalue weighted by Gasteiger charge is 2.50. The van der Waals surface area contributed by atoms with E-state index in [2.05, 4.69) is 3.63 Å². The summed E-state index contributed by atoms with van der Waals surface area (Å²) in [6.07, 6.45) is 14.2. The largest absolute Gasteiger partial charge is 0.523 e. The lowest BCUT2D eigenvalue weighted by molar-refractivity contribution is -0.135. The SMILES string of the molecule is CS(C)(OS(=O)(=O)C(F)(F)F)c1ccccc1OCCCCCCCCCCCCCCCCCCC(F)(F)F. The summed E-state index contributed by atoms with van der Waals surface area (Å²) in [7, 11) is -8.50. The molecule has 0 spiro atoms. The number of rotatable bonds is 22. The van der Waals surface area contributed by atoms with E-state index in [-0.39, 0.29) is 6.42 Å². The first-order valence-electron chi connectivity index (χ1n) is 14.2.